The van der Waals surface area contributed by atoms with Gasteiger partial charge in [-0.25, -0.2) is 13.4 Å². The Kier molecular flexibility index (Phi) is 4.40. The molecule has 0 fully saturated rings. The van der Waals surface area contributed by atoms with Gasteiger partial charge < -0.3 is 10.2 Å². The van der Waals surface area contributed by atoms with Crippen LogP contribution in [0.2, 0.25) is 0 Å². The highest BCUT2D eigenvalue weighted by Crippen LogP contribution is 2.29. The number of rotatable bonds is 5. The quantitative estimate of drug-likeness (QED) is 0.879. The van der Waals surface area contributed by atoms with Crippen LogP contribution in [-0.2, 0) is 16.6 Å². The highest BCUT2D eigenvalue weighted by atomic mass is 32.2. The van der Waals surface area contributed by atoms with E-state index in [1.54, 1.807) is 13.8 Å². The first-order valence-electron chi connectivity index (χ1n) is 6.53. The van der Waals surface area contributed by atoms with Gasteiger partial charge in [0.15, 0.2) is 5.13 Å². The van der Waals surface area contributed by atoms with Crippen LogP contribution in [-0.4, -0.2) is 13.4 Å². The molecule has 0 bridgehead atoms. The van der Waals surface area contributed by atoms with Crippen LogP contribution in [0.25, 0.3) is 0 Å². The van der Waals surface area contributed by atoms with Gasteiger partial charge >= 0.3 is 0 Å². The zero-order valence-electron chi connectivity index (χ0n) is 12.4. The van der Waals surface area contributed by atoms with E-state index in [9.17, 15) is 8.42 Å². The molecule has 2 aromatic rings. The molecule has 2 aromatic heterocycles. The summed E-state index contributed by atoms with van der Waals surface area (Å²) in [4.78, 5) is 4.39. The fraction of sp³-hybridized carbons (Fsp3) is 0.462. The summed E-state index contributed by atoms with van der Waals surface area (Å²) >= 11 is 1.26. The van der Waals surface area contributed by atoms with Crippen LogP contribution in [0, 0.1) is 13.8 Å². The first kappa shape index (κ1) is 16.0. The molecule has 116 valence electrons. The minimum atomic E-state index is -3.75. The fourth-order valence-electron chi connectivity index (χ4n) is 2.06. The van der Waals surface area contributed by atoms with Gasteiger partial charge in [-0.05, 0) is 19.8 Å². The normalized spacial score (nSPS) is 12.1. The molecule has 0 saturated carbocycles. The lowest BCUT2D eigenvalue weighted by Gasteiger charge is -2.06. The molecule has 8 heteroatoms. The molecule has 21 heavy (non-hydrogen) atoms. The van der Waals surface area contributed by atoms with Crippen molar-refractivity contribution < 1.29 is 12.8 Å². The molecule has 0 saturated heterocycles. The van der Waals surface area contributed by atoms with E-state index < -0.39 is 10.0 Å². The third-order valence-corrected chi connectivity index (χ3v) is 5.57. The van der Waals surface area contributed by atoms with Gasteiger partial charge in [0.2, 0.25) is 0 Å². The Bertz CT molecular complexity index is 745. The zero-order valence-corrected chi connectivity index (χ0v) is 14.1. The van der Waals surface area contributed by atoms with Gasteiger partial charge in [-0.2, -0.15) is 0 Å². The highest BCUT2D eigenvalue weighted by Gasteiger charge is 2.27. The van der Waals surface area contributed by atoms with E-state index in [1.165, 1.54) is 11.3 Å². The molecule has 6 nitrogen and oxygen atoms in total. The van der Waals surface area contributed by atoms with Crippen LogP contribution in [0.3, 0.4) is 0 Å². The standard InChI is InChI=1S/C13H19N3O3S2/c1-7(2)11-6-20-13(15-11)16-21(17,18)12-9(4)19-8(3)10(12)5-14/h6-7H,5,14H2,1-4H3,(H,15,16). The molecule has 0 aliphatic heterocycles. The third-order valence-electron chi connectivity index (χ3n) is 3.13. The average Bonchev–Trinajstić information content (AvgIpc) is 2.93. The summed E-state index contributed by atoms with van der Waals surface area (Å²) in [6, 6.07) is 0. The van der Waals surface area contributed by atoms with Gasteiger partial charge in [0.05, 0.1) is 5.69 Å². The number of hydrogen-bond acceptors (Lipinski definition) is 6. The predicted molar refractivity (Wildman–Crippen MR) is 83.1 cm³/mol. The van der Waals surface area contributed by atoms with Crippen molar-refractivity contribution >= 4 is 26.5 Å². The number of anilines is 1. The Labute approximate surface area is 128 Å². The molecule has 0 spiro atoms. The van der Waals surface area contributed by atoms with Gasteiger partial charge in [0.25, 0.3) is 10.0 Å². The smallest absolute Gasteiger partial charge is 0.267 e. The summed E-state index contributed by atoms with van der Waals surface area (Å²) in [5.74, 6) is 1.11. The Morgan fingerprint density at radius 2 is 2.05 bits per heavy atom. The molecule has 2 heterocycles. The molecule has 0 aliphatic rings. The Morgan fingerprint density at radius 1 is 1.38 bits per heavy atom. The largest absolute Gasteiger partial charge is 0.465 e. The summed E-state index contributed by atoms with van der Waals surface area (Å²) in [6.45, 7) is 7.43. The number of aryl methyl sites for hydroxylation is 2. The summed E-state index contributed by atoms with van der Waals surface area (Å²) in [5.41, 5.74) is 6.99. The lowest BCUT2D eigenvalue weighted by atomic mass is 10.2. The molecular weight excluding hydrogens is 310 g/mol. The highest BCUT2D eigenvalue weighted by molar-refractivity contribution is 7.93. The Hall–Kier alpha value is -1.38. The number of nitrogens with two attached hydrogens (primary N) is 1. The van der Waals surface area contributed by atoms with Crippen molar-refractivity contribution in [2.75, 3.05) is 4.72 Å². The number of thiazole rings is 1. The van der Waals surface area contributed by atoms with Gasteiger partial charge in [0, 0.05) is 17.5 Å². The van der Waals surface area contributed by atoms with E-state index in [0.717, 1.165) is 5.69 Å². The Balaban J connectivity index is 2.38. The van der Waals surface area contributed by atoms with Crippen molar-refractivity contribution in [1.82, 2.24) is 4.98 Å². The molecule has 0 amide bonds. The minimum Gasteiger partial charge on any atom is -0.465 e. The van der Waals surface area contributed by atoms with Crippen LogP contribution in [0.1, 0.15) is 42.5 Å². The van der Waals surface area contributed by atoms with Crippen LogP contribution in [0.15, 0.2) is 14.7 Å². The summed E-state index contributed by atoms with van der Waals surface area (Å²) < 4.78 is 33.0. The van der Waals surface area contributed by atoms with E-state index in [0.29, 0.717) is 22.2 Å². The maximum Gasteiger partial charge on any atom is 0.267 e. The minimum absolute atomic E-state index is 0.106. The van der Waals surface area contributed by atoms with Gasteiger partial charge in [-0.1, -0.05) is 13.8 Å². The van der Waals surface area contributed by atoms with Gasteiger partial charge in [-0.3, -0.25) is 4.72 Å². The number of furan rings is 1. The van der Waals surface area contributed by atoms with Gasteiger partial charge in [-0.15, -0.1) is 11.3 Å². The van der Waals surface area contributed by atoms with Crippen molar-refractivity contribution in [3.8, 4) is 0 Å². The predicted octanol–water partition coefficient (Wildman–Crippen LogP) is 2.74. The molecule has 0 unspecified atom stereocenters. The average molecular weight is 329 g/mol. The van der Waals surface area contributed by atoms with E-state index in [-0.39, 0.29) is 17.4 Å². The Morgan fingerprint density at radius 3 is 2.57 bits per heavy atom. The van der Waals surface area contributed by atoms with Crippen molar-refractivity contribution in [1.29, 1.82) is 0 Å². The number of nitrogens with zero attached hydrogens (tertiary/aromatic N) is 1. The monoisotopic (exact) mass is 329 g/mol. The number of aromatic nitrogens is 1. The van der Waals surface area contributed by atoms with E-state index in [1.807, 2.05) is 19.2 Å². The lowest BCUT2D eigenvalue weighted by Crippen LogP contribution is -2.16. The van der Waals surface area contributed by atoms with Crippen LogP contribution in [0.5, 0.6) is 0 Å². The first-order valence-corrected chi connectivity index (χ1v) is 8.89. The maximum absolute atomic E-state index is 12.5. The van der Waals surface area contributed by atoms with E-state index >= 15 is 0 Å². The lowest BCUT2D eigenvalue weighted by molar-refractivity contribution is 0.494. The second kappa shape index (κ2) is 5.78. The summed E-state index contributed by atoms with van der Waals surface area (Å²) in [7, 11) is -3.75. The molecule has 0 aliphatic carbocycles. The van der Waals surface area contributed by atoms with E-state index in [4.69, 9.17) is 10.2 Å². The first-order chi connectivity index (χ1) is 9.76. The second-order valence-corrected chi connectivity index (χ2v) is 7.54. The summed E-state index contributed by atoms with van der Waals surface area (Å²) in [5, 5.41) is 2.19. The molecule has 2 rings (SSSR count). The van der Waals surface area contributed by atoms with Crippen molar-refractivity contribution in [2.45, 2.75) is 45.1 Å². The number of nitrogens with one attached hydrogen (secondary N) is 1. The molecule has 0 aromatic carbocycles. The van der Waals surface area contributed by atoms with Crippen LogP contribution >= 0.6 is 11.3 Å². The van der Waals surface area contributed by atoms with Crippen molar-refractivity contribution in [3.05, 3.63) is 28.2 Å². The summed E-state index contributed by atoms with van der Waals surface area (Å²) in [6.07, 6.45) is 0. The number of hydrogen-bond donors (Lipinski definition) is 2. The molecule has 3 N–H and O–H groups in total. The van der Waals surface area contributed by atoms with Crippen molar-refractivity contribution in [3.63, 3.8) is 0 Å². The number of sulfonamides is 1. The molecular formula is C13H19N3O3S2. The third kappa shape index (κ3) is 3.12. The fourth-order valence-corrected chi connectivity index (χ4v) is 4.65. The van der Waals surface area contributed by atoms with Crippen LogP contribution in [0.4, 0.5) is 5.13 Å². The van der Waals surface area contributed by atoms with Gasteiger partial charge in [0.1, 0.15) is 16.4 Å². The van der Waals surface area contributed by atoms with Crippen LogP contribution < -0.4 is 10.5 Å². The van der Waals surface area contributed by atoms with Crippen molar-refractivity contribution in [2.24, 2.45) is 5.73 Å². The molecule has 0 radical (unpaired) electrons. The SMILES string of the molecule is Cc1oc(C)c(S(=O)(=O)Nc2nc(C(C)C)cs2)c1CN. The topological polar surface area (TPSA) is 98.2 Å². The van der Waals surface area contributed by atoms with E-state index in [2.05, 4.69) is 9.71 Å². The second-order valence-electron chi connectivity index (χ2n) is 5.06. The zero-order chi connectivity index (χ0) is 15.8. The maximum atomic E-state index is 12.5. The molecule has 0 atom stereocenters.